The fraction of sp³-hybridized carbons (Fsp3) is 0.600. The molecule has 0 heteroatoms. The lowest BCUT2D eigenvalue weighted by Gasteiger charge is -2.17. The van der Waals surface area contributed by atoms with E-state index < -0.39 is 0 Å². The van der Waals surface area contributed by atoms with Crippen molar-refractivity contribution in [2.24, 2.45) is 11.8 Å². The summed E-state index contributed by atoms with van der Waals surface area (Å²) in [6, 6.07) is 0. The summed E-state index contributed by atoms with van der Waals surface area (Å²) in [6.07, 6.45) is 17.9. The first-order chi connectivity index (χ1) is 9.49. The summed E-state index contributed by atoms with van der Waals surface area (Å²) in [6.45, 7) is 11.4. The van der Waals surface area contributed by atoms with E-state index in [1.165, 1.54) is 36.8 Å². The third-order valence-corrected chi connectivity index (χ3v) is 4.27. The van der Waals surface area contributed by atoms with Gasteiger partial charge in [-0.15, -0.1) is 0 Å². The maximum absolute atomic E-state index is 2.44. The molecule has 20 heavy (non-hydrogen) atoms. The van der Waals surface area contributed by atoms with Crippen LogP contribution >= 0.6 is 0 Å². The van der Waals surface area contributed by atoms with E-state index >= 15 is 0 Å². The van der Waals surface area contributed by atoms with Crippen LogP contribution in [0.25, 0.3) is 0 Å². The Morgan fingerprint density at radius 2 is 1.65 bits per heavy atom. The fourth-order valence-electron chi connectivity index (χ4n) is 2.59. The molecule has 0 aromatic rings. The van der Waals surface area contributed by atoms with Crippen LogP contribution in [-0.2, 0) is 0 Å². The first-order valence-electron chi connectivity index (χ1n) is 8.15. The van der Waals surface area contributed by atoms with Crippen molar-refractivity contribution < 1.29 is 0 Å². The van der Waals surface area contributed by atoms with Crippen LogP contribution in [0, 0.1) is 11.8 Å². The molecule has 0 amide bonds. The summed E-state index contributed by atoms with van der Waals surface area (Å²) in [5, 5.41) is 0. The summed E-state index contributed by atoms with van der Waals surface area (Å²) < 4.78 is 0. The molecule has 0 aromatic carbocycles. The monoisotopic (exact) mass is 272 g/mol. The molecule has 0 saturated heterocycles. The van der Waals surface area contributed by atoms with Crippen LogP contribution in [0.4, 0.5) is 0 Å². The smallest absolute Gasteiger partial charge is 0.0161 e. The Balaban J connectivity index is 2.85. The second-order valence-corrected chi connectivity index (χ2v) is 6.63. The summed E-state index contributed by atoms with van der Waals surface area (Å²) in [4.78, 5) is 0. The minimum atomic E-state index is 0.696. The van der Waals surface area contributed by atoms with Gasteiger partial charge in [0.05, 0.1) is 0 Å². The Morgan fingerprint density at radius 3 is 2.35 bits per heavy atom. The van der Waals surface area contributed by atoms with Gasteiger partial charge in [0.25, 0.3) is 0 Å². The first kappa shape index (κ1) is 17.0. The van der Waals surface area contributed by atoms with E-state index in [-0.39, 0.29) is 0 Å². The van der Waals surface area contributed by atoms with Crippen molar-refractivity contribution >= 4 is 0 Å². The van der Waals surface area contributed by atoms with Crippen LogP contribution < -0.4 is 0 Å². The van der Waals surface area contributed by atoms with Gasteiger partial charge in [0.2, 0.25) is 0 Å². The molecular weight excluding hydrogens is 240 g/mol. The van der Waals surface area contributed by atoms with Gasteiger partial charge in [-0.1, -0.05) is 60.9 Å². The topological polar surface area (TPSA) is 0 Å². The van der Waals surface area contributed by atoms with Gasteiger partial charge in [0.1, 0.15) is 0 Å². The van der Waals surface area contributed by atoms with Gasteiger partial charge in [-0.25, -0.2) is 0 Å². The van der Waals surface area contributed by atoms with E-state index in [9.17, 15) is 0 Å². The summed E-state index contributed by atoms with van der Waals surface area (Å²) >= 11 is 0. The van der Waals surface area contributed by atoms with Gasteiger partial charge in [0.15, 0.2) is 0 Å². The highest BCUT2D eigenvalue weighted by atomic mass is 14.1. The molecule has 1 aliphatic rings. The van der Waals surface area contributed by atoms with Gasteiger partial charge in [0, 0.05) is 0 Å². The molecule has 0 bridgehead atoms. The third-order valence-electron chi connectivity index (χ3n) is 4.27. The molecule has 1 rings (SSSR count). The maximum Gasteiger partial charge on any atom is -0.0161 e. The molecule has 0 saturated carbocycles. The van der Waals surface area contributed by atoms with Crippen LogP contribution in [0.15, 0.2) is 47.1 Å². The normalized spacial score (nSPS) is 30.7. The summed E-state index contributed by atoms with van der Waals surface area (Å²) in [5.74, 6) is 1.42. The molecular formula is C20H32. The molecule has 0 N–H and O–H groups in total. The quantitative estimate of drug-likeness (QED) is 0.471. The van der Waals surface area contributed by atoms with E-state index in [1.54, 1.807) is 5.57 Å². The van der Waals surface area contributed by atoms with Crippen molar-refractivity contribution in [1.82, 2.24) is 0 Å². The lowest BCUT2D eigenvalue weighted by molar-refractivity contribution is 0.435. The van der Waals surface area contributed by atoms with Gasteiger partial charge < -0.3 is 0 Å². The van der Waals surface area contributed by atoms with Crippen molar-refractivity contribution in [3.8, 4) is 0 Å². The average molecular weight is 272 g/mol. The molecule has 0 aromatic heterocycles. The number of allylic oxidation sites excluding steroid dienone is 8. The van der Waals surface area contributed by atoms with E-state index in [4.69, 9.17) is 0 Å². The Bertz CT molecular complexity index is 402. The Hall–Kier alpha value is -1.04. The minimum Gasteiger partial charge on any atom is -0.0853 e. The fourth-order valence-corrected chi connectivity index (χ4v) is 2.59. The van der Waals surface area contributed by atoms with Gasteiger partial charge >= 0.3 is 0 Å². The van der Waals surface area contributed by atoms with Crippen molar-refractivity contribution in [2.75, 3.05) is 0 Å². The van der Waals surface area contributed by atoms with Crippen LogP contribution in [-0.4, -0.2) is 0 Å². The van der Waals surface area contributed by atoms with Crippen LogP contribution in [0.3, 0.4) is 0 Å². The van der Waals surface area contributed by atoms with Crippen molar-refractivity contribution in [1.29, 1.82) is 0 Å². The van der Waals surface area contributed by atoms with Crippen molar-refractivity contribution in [2.45, 2.75) is 66.7 Å². The molecule has 1 aliphatic carbocycles. The highest BCUT2D eigenvalue weighted by Crippen LogP contribution is 2.23. The highest BCUT2D eigenvalue weighted by molar-refractivity contribution is 5.19. The summed E-state index contributed by atoms with van der Waals surface area (Å²) in [7, 11) is 0. The van der Waals surface area contributed by atoms with Crippen molar-refractivity contribution in [3.63, 3.8) is 0 Å². The van der Waals surface area contributed by atoms with Crippen LogP contribution in [0.2, 0.25) is 0 Å². The third kappa shape index (κ3) is 6.93. The standard InChI is InChI=1S/C20H32/c1-16(2)20-14-12-18(4)10-6-8-17(3)9-7-11-19(5)13-15-20/h8,10-12,14,16,20H,6-7,9,13,15H2,1-5H3/b14-12?,17-8-,18-10+,19-11-/t20-/m1/s1. The molecule has 0 heterocycles. The number of hydrogen-bond donors (Lipinski definition) is 0. The van der Waals surface area contributed by atoms with E-state index in [1.807, 2.05) is 0 Å². The zero-order valence-electron chi connectivity index (χ0n) is 14.1. The lowest BCUT2D eigenvalue weighted by Crippen LogP contribution is -2.05. The first-order valence-corrected chi connectivity index (χ1v) is 8.15. The second-order valence-electron chi connectivity index (χ2n) is 6.63. The molecule has 0 unspecified atom stereocenters. The molecule has 0 aliphatic heterocycles. The molecule has 1 atom stereocenters. The molecule has 112 valence electrons. The minimum absolute atomic E-state index is 0.696. The van der Waals surface area contributed by atoms with Gasteiger partial charge in [-0.05, 0) is 64.7 Å². The Kier molecular flexibility index (Phi) is 7.65. The van der Waals surface area contributed by atoms with Crippen LogP contribution in [0.5, 0.6) is 0 Å². The second kappa shape index (κ2) is 9.00. The molecule has 0 nitrogen and oxygen atoms in total. The van der Waals surface area contributed by atoms with Gasteiger partial charge in [-0.2, -0.15) is 0 Å². The average Bonchev–Trinajstić information content (AvgIpc) is 2.37. The number of hydrogen-bond acceptors (Lipinski definition) is 0. The Labute approximate surface area is 126 Å². The SMILES string of the molecule is C/C1=C/C/C=C(\C)C=C[C@@H](C(C)C)CC/C(C)=C\CC1. The maximum atomic E-state index is 2.44. The lowest BCUT2D eigenvalue weighted by atomic mass is 9.88. The van der Waals surface area contributed by atoms with E-state index in [2.05, 4.69) is 65.0 Å². The molecule has 0 spiro atoms. The predicted molar refractivity (Wildman–Crippen MR) is 91.8 cm³/mol. The summed E-state index contributed by atoms with van der Waals surface area (Å²) in [5.41, 5.74) is 4.46. The van der Waals surface area contributed by atoms with E-state index in [0.29, 0.717) is 5.92 Å². The largest absolute Gasteiger partial charge is 0.0853 e. The zero-order valence-corrected chi connectivity index (χ0v) is 14.1. The van der Waals surface area contributed by atoms with E-state index in [0.717, 1.165) is 12.3 Å². The van der Waals surface area contributed by atoms with Gasteiger partial charge in [-0.3, -0.25) is 0 Å². The molecule has 0 radical (unpaired) electrons. The Morgan fingerprint density at radius 1 is 0.950 bits per heavy atom. The zero-order chi connectivity index (χ0) is 15.0. The number of rotatable bonds is 1. The van der Waals surface area contributed by atoms with Crippen molar-refractivity contribution in [3.05, 3.63) is 47.1 Å². The molecule has 0 fully saturated rings. The van der Waals surface area contributed by atoms with Crippen LogP contribution in [0.1, 0.15) is 66.7 Å². The highest BCUT2D eigenvalue weighted by Gasteiger charge is 2.09. The predicted octanol–water partition coefficient (Wildman–Crippen LogP) is 6.62.